The van der Waals surface area contributed by atoms with Crippen molar-refractivity contribution in [2.75, 3.05) is 20.3 Å². The first-order valence-electron chi connectivity index (χ1n) is 8.63. The van der Waals surface area contributed by atoms with E-state index in [4.69, 9.17) is 14.1 Å². The van der Waals surface area contributed by atoms with E-state index >= 15 is 0 Å². The number of hydrogen-bond donors (Lipinski definition) is 0. The molecule has 1 aliphatic heterocycles. The number of benzene rings is 1. The SMILES string of the molecule is CCCOc1cc(-c2nc(C3C[B]OC3)cc(C(F)(F)F)n2)ccc1OC. The van der Waals surface area contributed by atoms with Crippen LogP contribution in [0.25, 0.3) is 11.4 Å². The van der Waals surface area contributed by atoms with Gasteiger partial charge in [-0.1, -0.05) is 6.92 Å². The number of rotatable bonds is 6. The monoisotopic (exact) mass is 379 g/mol. The summed E-state index contributed by atoms with van der Waals surface area (Å²) in [6.45, 7) is 2.73. The van der Waals surface area contributed by atoms with Crippen LogP contribution in [0.4, 0.5) is 13.2 Å². The molecule has 1 fully saturated rings. The largest absolute Gasteiger partial charge is 0.493 e. The molecule has 5 nitrogen and oxygen atoms in total. The van der Waals surface area contributed by atoms with Gasteiger partial charge in [-0.2, -0.15) is 13.2 Å². The Morgan fingerprint density at radius 2 is 2.04 bits per heavy atom. The lowest BCUT2D eigenvalue weighted by Gasteiger charge is -2.15. The minimum atomic E-state index is -4.57. The number of ether oxygens (including phenoxy) is 2. The quantitative estimate of drug-likeness (QED) is 0.707. The molecule has 1 aromatic carbocycles. The maximum absolute atomic E-state index is 13.3. The molecular formula is C18H19BF3N2O3. The maximum Gasteiger partial charge on any atom is 0.433 e. The fourth-order valence-corrected chi connectivity index (χ4v) is 2.73. The second kappa shape index (κ2) is 8.16. The first-order chi connectivity index (χ1) is 12.9. The summed E-state index contributed by atoms with van der Waals surface area (Å²) in [4.78, 5) is 8.11. The van der Waals surface area contributed by atoms with E-state index in [1.54, 1.807) is 25.7 Å². The molecule has 3 rings (SSSR count). The number of aromatic nitrogens is 2. The van der Waals surface area contributed by atoms with E-state index in [0.717, 1.165) is 12.5 Å². The van der Waals surface area contributed by atoms with Crippen LogP contribution in [0.15, 0.2) is 24.3 Å². The van der Waals surface area contributed by atoms with Crippen LogP contribution in [0.3, 0.4) is 0 Å². The zero-order chi connectivity index (χ0) is 19.4. The molecule has 1 aliphatic rings. The van der Waals surface area contributed by atoms with Crippen molar-refractivity contribution < 1.29 is 27.3 Å². The van der Waals surface area contributed by atoms with Crippen molar-refractivity contribution in [3.63, 3.8) is 0 Å². The lowest BCUT2D eigenvalue weighted by molar-refractivity contribution is -0.141. The Hall–Kier alpha value is -2.29. The first-order valence-corrected chi connectivity index (χ1v) is 8.63. The van der Waals surface area contributed by atoms with Gasteiger partial charge in [0.2, 0.25) is 0 Å². The van der Waals surface area contributed by atoms with Gasteiger partial charge in [0.05, 0.1) is 13.7 Å². The Morgan fingerprint density at radius 3 is 2.67 bits per heavy atom. The lowest BCUT2D eigenvalue weighted by atomic mass is 9.88. The van der Waals surface area contributed by atoms with Gasteiger partial charge in [-0.05, 0) is 37.0 Å². The number of alkyl halides is 3. The van der Waals surface area contributed by atoms with E-state index < -0.39 is 11.9 Å². The third kappa shape index (κ3) is 4.52. The van der Waals surface area contributed by atoms with Crippen LogP contribution in [0, 0.1) is 0 Å². The Morgan fingerprint density at radius 1 is 1.22 bits per heavy atom. The molecule has 2 heterocycles. The molecule has 143 valence electrons. The predicted molar refractivity (Wildman–Crippen MR) is 94.1 cm³/mol. The third-order valence-electron chi connectivity index (χ3n) is 4.13. The fraction of sp³-hybridized carbons (Fsp3) is 0.444. The Balaban J connectivity index is 2.05. The standard InChI is InChI=1S/C18H19BF3N2O3/c1-3-6-26-15-7-11(4-5-14(15)25-2)17-23-13(12-9-19-27-10-12)8-16(24-17)18(20,21)22/h4-5,7-8,12H,3,6,9-10H2,1-2H3. The average molecular weight is 379 g/mol. The van der Waals surface area contributed by atoms with Gasteiger partial charge in [0.1, 0.15) is 5.69 Å². The van der Waals surface area contributed by atoms with Gasteiger partial charge in [-0.25, -0.2) is 9.97 Å². The van der Waals surface area contributed by atoms with Gasteiger partial charge in [0, 0.05) is 23.8 Å². The first kappa shape index (κ1) is 19.5. The van der Waals surface area contributed by atoms with Crippen molar-refractivity contribution in [1.82, 2.24) is 9.97 Å². The molecule has 0 amide bonds. The van der Waals surface area contributed by atoms with Crippen LogP contribution in [0.5, 0.6) is 11.5 Å². The molecule has 27 heavy (non-hydrogen) atoms. The summed E-state index contributed by atoms with van der Waals surface area (Å²) in [5, 5.41) is 0. The zero-order valence-electron chi connectivity index (χ0n) is 15.0. The molecule has 9 heteroatoms. The molecule has 0 spiro atoms. The zero-order valence-corrected chi connectivity index (χ0v) is 15.0. The van der Waals surface area contributed by atoms with Crippen molar-refractivity contribution in [2.45, 2.75) is 31.8 Å². The summed E-state index contributed by atoms with van der Waals surface area (Å²) in [5.74, 6) is 0.716. The smallest absolute Gasteiger partial charge is 0.433 e. The highest BCUT2D eigenvalue weighted by Gasteiger charge is 2.35. The number of halogens is 3. The summed E-state index contributed by atoms with van der Waals surface area (Å²) < 4.78 is 56.1. The van der Waals surface area contributed by atoms with Gasteiger partial charge in [0.15, 0.2) is 17.3 Å². The summed E-state index contributed by atoms with van der Waals surface area (Å²) >= 11 is 0. The van der Waals surface area contributed by atoms with Crippen LogP contribution in [0.2, 0.25) is 6.32 Å². The molecule has 0 saturated carbocycles. The van der Waals surface area contributed by atoms with Gasteiger partial charge in [-0.15, -0.1) is 0 Å². The van der Waals surface area contributed by atoms with Gasteiger partial charge >= 0.3 is 6.18 Å². The van der Waals surface area contributed by atoms with Crippen molar-refractivity contribution in [1.29, 1.82) is 0 Å². The average Bonchev–Trinajstić information content (AvgIpc) is 3.20. The van der Waals surface area contributed by atoms with E-state index in [1.807, 2.05) is 6.92 Å². The number of methoxy groups -OCH3 is 1. The van der Waals surface area contributed by atoms with E-state index in [-0.39, 0.29) is 11.7 Å². The molecule has 1 unspecified atom stereocenters. The Labute approximate surface area is 156 Å². The Bertz CT molecular complexity index is 796. The molecule has 0 N–H and O–H groups in total. The second-order valence-electron chi connectivity index (χ2n) is 6.15. The third-order valence-corrected chi connectivity index (χ3v) is 4.13. The topological polar surface area (TPSA) is 53.5 Å². The Kier molecular flexibility index (Phi) is 5.89. The summed E-state index contributed by atoms with van der Waals surface area (Å²) in [7, 11) is 3.09. The summed E-state index contributed by atoms with van der Waals surface area (Å²) in [6.07, 6.45) is -3.26. The van der Waals surface area contributed by atoms with Gasteiger partial charge in [-0.3, -0.25) is 0 Å². The molecule has 1 aromatic heterocycles. The van der Waals surface area contributed by atoms with Crippen LogP contribution >= 0.6 is 0 Å². The van der Waals surface area contributed by atoms with Gasteiger partial charge < -0.3 is 14.1 Å². The number of nitrogens with zero attached hydrogens (tertiary/aromatic N) is 2. The lowest BCUT2D eigenvalue weighted by Crippen LogP contribution is -2.13. The molecule has 0 bridgehead atoms. The molecule has 0 aliphatic carbocycles. The van der Waals surface area contributed by atoms with Crippen LogP contribution in [-0.2, 0) is 10.8 Å². The van der Waals surface area contributed by atoms with Crippen LogP contribution in [-0.4, -0.2) is 37.8 Å². The van der Waals surface area contributed by atoms with Crippen molar-refractivity contribution in [3.8, 4) is 22.9 Å². The van der Waals surface area contributed by atoms with E-state index in [0.29, 0.717) is 42.3 Å². The summed E-state index contributed by atoms with van der Waals surface area (Å²) in [6, 6.07) is 5.85. The molecular weight excluding hydrogens is 360 g/mol. The van der Waals surface area contributed by atoms with Crippen LogP contribution in [0.1, 0.15) is 30.7 Å². The highest BCUT2D eigenvalue weighted by atomic mass is 19.4. The van der Waals surface area contributed by atoms with Crippen molar-refractivity contribution in [3.05, 3.63) is 35.7 Å². The molecule has 1 radical (unpaired) electrons. The maximum atomic E-state index is 13.3. The minimum absolute atomic E-state index is 0.00396. The van der Waals surface area contributed by atoms with E-state index in [1.165, 1.54) is 7.11 Å². The highest BCUT2D eigenvalue weighted by Crippen LogP contribution is 2.35. The number of hydrogen-bond acceptors (Lipinski definition) is 5. The van der Waals surface area contributed by atoms with Crippen molar-refractivity contribution in [2.24, 2.45) is 0 Å². The van der Waals surface area contributed by atoms with Gasteiger partial charge in [0.25, 0.3) is 7.48 Å². The fourth-order valence-electron chi connectivity index (χ4n) is 2.73. The molecule has 2 aromatic rings. The predicted octanol–water partition coefficient (Wildman–Crippen LogP) is 4.11. The minimum Gasteiger partial charge on any atom is -0.493 e. The van der Waals surface area contributed by atoms with Crippen molar-refractivity contribution >= 4 is 7.48 Å². The van der Waals surface area contributed by atoms with Crippen LogP contribution < -0.4 is 9.47 Å². The molecule has 1 saturated heterocycles. The van der Waals surface area contributed by atoms with E-state index in [2.05, 4.69) is 9.97 Å². The summed E-state index contributed by atoms with van der Waals surface area (Å²) in [5.41, 5.74) is -0.230. The highest BCUT2D eigenvalue weighted by molar-refractivity contribution is 6.28. The second-order valence-corrected chi connectivity index (χ2v) is 6.15. The normalized spacial score (nSPS) is 16.9. The molecule has 1 atom stereocenters. The van der Waals surface area contributed by atoms with E-state index in [9.17, 15) is 13.2 Å².